The third-order valence-corrected chi connectivity index (χ3v) is 4.12. The van der Waals surface area contributed by atoms with Crippen molar-refractivity contribution in [1.82, 2.24) is 14.7 Å². The lowest BCUT2D eigenvalue weighted by Gasteiger charge is -2.46. The Hall–Kier alpha value is -1.05. The molecular weight excluding hydrogens is 308 g/mol. The molecule has 3 atom stereocenters. The number of rotatable bonds is 1. The maximum absolute atomic E-state index is 12.7. The topological polar surface area (TPSA) is 79.1 Å². The van der Waals surface area contributed by atoms with E-state index in [1.165, 1.54) is 0 Å². The molecule has 2 fully saturated rings. The van der Waals surface area contributed by atoms with Crippen LogP contribution in [0.5, 0.6) is 0 Å². The summed E-state index contributed by atoms with van der Waals surface area (Å²) in [5, 5.41) is 0. The highest BCUT2D eigenvalue weighted by molar-refractivity contribution is 5.85. The minimum Gasteiger partial charge on any atom is -0.378 e. The summed E-state index contributed by atoms with van der Waals surface area (Å²) in [5.74, 6) is -0.0489. The third kappa shape index (κ3) is 4.02. The summed E-state index contributed by atoms with van der Waals surface area (Å²) in [5.41, 5.74) is 5.68. The van der Waals surface area contributed by atoms with E-state index in [1.807, 2.05) is 23.6 Å². The third-order valence-electron chi connectivity index (χ3n) is 4.12. The average Bonchev–Trinajstić information content (AvgIpc) is 2.46. The first kappa shape index (κ1) is 19.0. The van der Waals surface area contributed by atoms with Crippen LogP contribution in [0.25, 0.3) is 0 Å². The number of amides is 3. The van der Waals surface area contributed by atoms with Gasteiger partial charge in [-0.3, -0.25) is 4.79 Å². The molecule has 0 aromatic carbocycles. The Morgan fingerprint density at radius 1 is 1.09 bits per heavy atom. The first-order chi connectivity index (χ1) is 9.91. The molecule has 0 aliphatic carbocycles. The summed E-state index contributed by atoms with van der Waals surface area (Å²) in [6.45, 7) is 9.21. The van der Waals surface area contributed by atoms with Crippen LogP contribution in [0.15, 0.2) is 0 Å². The second kappa shape index (κ2) is 7.99. The molecule has 2 N–H and O–H groups in total. The maximum Gasteiger partial charge on any atom is 0.320 e. The molecule has 8 heteroatoms. The van der Waals surface area contributed by atoms with E-state index in [-0.39, 0.29) is 36.4 Å². The fraction of sp³-hybridized carbons (Fsp3) is 0.857. The van der Waals surface area contributed by atoms with Gasteiger partial charge in [0.25, 0.3) is 0 Å². The highest BCUT2D eigenvalue weighted by Crippen LogP contribution is 2.19. The number of carbonyl (C=O) groups is 2. The minimum absolute atomic E-state index is 0. The molecule has 2 rings (SSSR count). The van der Waals surface area contributed by atoms with Gasteiger partial charge < -0.3 is 25.2 Å². The molecule has 2 aliphatic rings. The van der Waals surface area contributed by atoms with Crippen LogP contribution >= 0.6 is 12.4 Å². The second-order valence-electron chi connectivity index (χ2n) is 6.02. The second-order valence-corrected chi connectivity index (χ2v) is 6.02. The Morgan fingerprint density at radius 2 is 1.59 bits per heavy atom. The first-order valence-electron chi connectivity index (χ1n) is 7.61. The quantitative estimate of drug-likeness (QED) is 0.739. The van der Waals surface area contributed by atoms with Gasteiger partial charge in [0, 0.05) is 38.3 Å². The molecule has 128 valence electrons. The number of piperazine rings is 1. The Balaban J connectivity index is 0.00000242. The molecule has 0 saturated carbocycles. The van der Waals surface area contributed by atoms with Crippen LogP contribution in [-0.2, 0) is 9.53 Å². The molecule has 22 heavy (non-hydrogen) atoms. The normalized spacial score (nSPS) is 27.2. The van der Waals surface area contributed by atoms with Crippen molar-refractivity contribution in [1.29, 1.82) is 0 Å². The van der Waals surface area contributed by atoms with E-state index < -0.39 is 6.04 Å². The minimum atomic E-state index is -0.495. The van der Waals surface area contributed by atoms with Gasteiger partial charge in [0.2, 0.25) is 5.91 Å². The molecule has 0 spiro atoms. The van der Waals surface area contributed by atoms with Gasteiger partial charge in [0.15, 0.2) is 0 Å². The predicted octanol–water partition coefficient (Wildman–Crippen LogP) is 0.129. The van der Waals surface area contributed by atoms with Crippen molar-refractivity contribution in [2.75, 3.05) is 39.4 Å². The van der Waals surface area contributed by atoms with E-state index in [9.17, 15) is 9.59 Å². The molecule has 2 saturated heterocycles. The van der Waals surface area contributed by atoms with Gasteiger partial charge in [-0.2, -0.15) is 0 Å². The molecule has 7 nitrogen and oxygen atoms in total. The molecule has 0 radical (unpaired) electrons. The number of urea groups is 1. The first-order valence-corrected chi connectivity index (χ1v) is 7.61. The number of nitrogens with two attached hydrogens (primary N) is 1. The highest BCUT2D eigenvalue weighted by atomic mass is 35.5. The smallest absolute Gasteiger partial charge is 0.320 e. The summed E-state index contributed by atoms with van der Waals surface area (Å²) in [4.78, 5) is 30.2. The SMILES string of the molecule is CC1CN(C(=O)[C@H](C)N)CC(C)N1C(=O)N1CCOCC1.Cl. The standard InChI is InChI=1S/C14H26N4O3.ClH/c1-10-8-17(13(19)12(3)15)9-11(2)18(10)14(20)16-4-6-21-7-5-16;/h10-12H,4-9,15H2,1-3H3;1H/t10?,11?,12-;/m0./s1. The number of hydrogen-bond donors (Lipinski definition) is 1. The van der Waals surface area contributed by atoms with Crippen molar-refractivity contribution in [3.63, 3.8) is 0 Å². The Morgan fingerprint density at radius 3 is 2.05 bits per heavy atom. The lowest BCUT2D eigenvalue weighted by Crippen LogP contribution is -2.64. The number of hydrogen-bond acceptors (Lipinski definition) is 4. The summed E-state index contributed by atoms with van der Waals surface area (Å²) >= 11 is 0. The lowest BCUT2D eigenvalue weighted by molar-refractivity contribution is -0.135. The van der Waals surface area contributed by atoms with Gasteiger partial charge in [-0.25, -0.2) is 4.79 Å². The average molecular weight is 335 g/mol. The van der Waals surface area contributed by atoms with E-state index in [2.05, 4.69) is 0 Å². The van der Waals surface area contributed by atoms with Crippen LogP contribution in [-0.4, -0.2) is 84.2 Å². The summed E-state index contributed by atoms with van der Waals surface area (Å²) in [7, 11) is 0. The van der Waals surface area contributed by atoms with Crippen molar-refractivity contribution in [3.8, 4) is 0 Å². The summed E-state index contributed by atoms with van der Waals surface area (Å²) < 4.78 is 5.29. The van der Waals surface area contributed by atoms with E-state index in [1.54, 1.807) is 11.8 Å². The van der Waals surface area contributed by atoms with Gasteiger partial charge >= 0.3 is 6.03 Å². The van der Waals surface area contributed by atoms with Crippen LogP contribution in [0, 0.1) is 0 Å². The van der Waals surface area contributed by atoms with E-state index >= 15 is 0 Å². The van der Waals surface area contributed by atoms with Crippen LogP contribution in [0.3, 0.4) is 0 Å². The predicted molar refractivity (Wildman–Crippen MR) is 86.0 cm³/mol. The zero-order chi connectivity index (χ0) is 15.6. The Kier molecular flexibility index (Phi) is 6.90. The fourth-order valence-electron chi connectivity index (χ4n) is 3.09. The zero-order valence-corrected chi connectivity index (χ0v) is 14.3. The maximum atomic E-state index is 12.7. The zero-order valence-electron chi connectivity index (χ0n) is 13.5. The van der Waals surface area contributed by atoms with Crippen LogP contribution in [0.4, 0.5) is 4.79 Å². The highest BCUT2D eigenvalue weighted by Gasteiger charge is 2.37. The van der Waals surface area contributed by atoms with Crippen LogP contribution in [0.2, 0.25) is 0 Å². The lowest BCUT2D eigenvalue weighted by atomic mass is 10.1. The van der Waals surface area contributed by atoms with Crippen molar-refractivity contribution in [2.45, 2.75) is 38.9 Å². The molecule has 0 aromatic heterocycles. The number of carbonyl (C=O) groups excluding carboxylic acids is 2. The van der Waals surface area contributed by atoms with E-state index in [0.717, 1.165) is 0 Å². The number of ether oxygens (including phenoxy) is 1. The summed E-state index contributed by atoms with van der Waals surface area (Å²) in [6, 6.07) is -0.462. The Labute approximate surface area is 138 Å². The Bertz CT molecular complexity index is 390. The van der Waals surface area contributed by atoms with Crippen LogP contribution in [0.1, 0.15) is 20.8 Å². The number of nitrogens with zero attached hydrogens (tertiary/aromatic N) is 3. The molecule has 0 bridgehead atoms. The van der Waals surface area contributed by atoms with Crippen molar-refractivity contribution in [2.24, 2.45) is 5.73 Å². The molecule has 3 amide bonds. The molecule has 0 aromatic rings. The van der Waals surface area contributed by atoms with Gasteiger partial charge in [0.05, 0.1) is 19.3 Å². The van der Waals surface area contributed by atoms with Crippen LogP contribution < -0.4 is 5.73 Å². The van der Waals surface area contributed by atoms with Gasteiger partial charge in [-0.05, 0) is 20.8 Å². The number of morpholine rings is 1. The largest absolute Gasteiger partial charge is 0.378 e. The van der Waals surface area contributed by atoms with Gasteiger partial charge in [0.1, 0.15) is 0 Å². The van der Waals surface area contributed by atoms with Gasteiger partial charge in [-0.1, -0.05) is 0 Å². The van der Waals surface area contributed by atoms with Crippen molar-refractivity contribution in [3.05, 3.63) is 0 Å². The molecular formula is C14H27ClN4O3. The number of halogens is 1. The van der Waals surface area contributed by atoms with Crippen molar-refractivity contribution >= 4 is 24.3 Å². The van der Waals surface area contributed by atoms with Gasteiger partial charge in [-0.15, -0.1) is 12.4 Å². The monoisotopic (exact) mass is 334 g/mol. The van der Waals surface area contributed by atoms with E-state index in [0.29, 0.717) is 39.4 Å². The molecule has 2 heterocycles. The summed E-state index contributed by atoms with van der Waals surface area (Å²) in [6.07, 6.45) is 0. The molecule has 2 aliphatic heterocycles. The molecule has 2 unspecified atom stereocenters. The fourth-order valence-corrected chi connectivity index (χ4v) is 3.09. The van der Waals surface area contributed by atoms with E-state index in [4.69, 9.17) is 10.5 Å². The van der Waals surface area contributed by atoms with Crippen molar-refractivity contribution < 1.29 is 14.3 Å².